The number of carbonyl (C=O) groups excluding carboxylic acids is 5. The van der Waals surface area contributed by atoms with Gasteiger partial charge in [-0.25, -0.2) is 18.8 Å². The zero-order valence-electron chi connectivity index (χ0n) is 19.3. The number of ether oxygens (including phenoxy) is 3. The van der Waals surface area contributed by atoms with Crippen LogP contribution in [-0.4, -0.2) is 66.3 Å². The molecular weight excluding hydrogens is 495 g/mol. The number of cyclic esters (lactones) is 1. The topological polar surface area (TPSA) is 120 Å². The first-order valence-electron chi connectivity index (χ1n) is 11.2. The summed E-state index contributed by atoms with van der Waals surface area (Å²) < 4.78 is 29.9. The van der Waals surface area contributed by atoms with Crippen LogP contribution in [-0.2, 0) is 23.8 Å². The van der Waals surface area contributed by atoms with E-state index in [1.807, 2.05) is 0 Å². The van der Waals surface area contributed by atoms with E-state index in [4.69, 9.17) is 14.2 Å². The van der Waals surface area contributed by atoms with Gasteiger partial charge in [-0.2, -0.15) is 0 Å². The summed E-state index contributed by atoms with van der Waals surface area (Å²) in [4.78, 5) is 62.8. The average Bonchev–Trinajstić information content (AvgIpc) is 3.27. The van der Waals surface area contributed by atoms with Crippen molar-refractivity contribution in [2.45, 2.75) is 18.6 Å². The number of anilines is 1. The van der Waals surface area contributed by atoms with E-state index in [0.717, 1.165) is 15.9 Å². The Balaban J connectivity index is 1.34. The van der Waals surface area contributed by atoms with Crippen molar-refractivity contribution in [3.8, 4) is 0 Å². The third-order valence-electron chi connectivity index (χ3n) is 6.06. The Kier molecular flexibility index (Phi) is 7.53. The molecule has 0 saturated carbocycles. The minimum absolute atomic E-state index is 0.112. The van der Waals surface area contributed by atoms with E-state index >= 15 is 0 Å². The lowest BCUT2D eigenvalue weighted by atomic mass is 9.91. The molecule has 2 amide bonds. The van der Waals surface area contributed by atoms with Gasteiger partial charge < -0.3 is 14.2 Å². The summed E-state index contributed by atoms with van der Waals surface area (Å²) in [7, 11) is 1.33. The van der Waals surface area contributed by atoms with Crippen molar-refractivity contribution in [2.24, 2.45) is 0 Å². The van der Waals surface area contributed by atoms with E-state index in [9.17, 15) is 28.4 Å². The lowest BCUT2D eigenvalue weighted by Crippen LogP contribution is -2.40. The van der Waals surface area contributed by atoms with Crippen LogP contribution in [0.2, 0.25) is 0 Å². The van der Waals surface area contributed by atoms with Crippen molar-refractivity contribution in [3.05, 3.63) is 65.5 Å². The van der Waals surface area contributed by atoms with Crippen molar-refractivity contribution in [1.82, 2.24) is 4.90 Å². The molecule has 2 aliphatic rings. The fourth-order valence-corrected chi connectivity index (χ4v) is 5.48. The highest BCUT2D eigenvalue weighted by Crippen LogP contribution is 2.34. The lowest BCUT2D eigenvalue weighted by molar-refractivity contribution is -0.133. The van der Waals surface area contributed by atoms with Gasteiger partial charge in [0.1, 0.15) is 5.82 Å². The molecule has 2 aromatic carbocycles. The van der Waals surface area contributed by atoms with Crippen molar-refractivity contribution in [2.75, 3.05) is 31.0 Å². The quantitative estimate of drug-likeness (QED) is 0.323. The molecule has 4 rings (SSSR count). The highest BCUT2D eigenvalue weighted by molar-refractivity contribution is 8.15. The Hall–Kier alpha value is -3.93. The second kappa shape index (κ2) is 10.8. The predicted octanol–water partition coefficient (Wildman–Crippen LogP) is 2.24. The summed E-state index contributed by atoms with van der Waals surface area (Å²) in [5.74, 6) is -2.08. The zero-order chi connectivity index (χ0) is 25.8. The minimum atomic E-state index is -1.08. The first-order valence-corrected chi connectivity index (χ1v) is 12.9. The van der Waals surface area contributed by atoms with Gasteiger partial charge in [0.2, 0.25) is 17.7 Å². The van der Waals surface area contributed by atoms with Gasteiger partial charge in [-0.1, -0.05) is 24.3 Å². The molecular formula is C24H25FN2O8S. The molecule has 0 N–H and O–H groups in total. The van der Waals surface area contributed by atoms with Crippen molar-refractivity contribution in [1.29, 1.82) is 0 Å². The Morgan fingerprint density at radius 3 is 2.61 bits per heavy atom. The first kappa shape index (κ1) is 25.2. The van der Waals surface area contributed by atoms with Crippen LogP contribution in [0.15, 0.2) is 48.5 Å². The molecule has 36 heavy (non-hydrogen) atoms. The number of benzene rings is 2. The second-order valence-corrected chi connectivity index (χ2v) is 10.2. The molecule has 1 unspecified atom stereocenters. The van der Waals surface area contributed by atoms with E-state index in [-0.39, 0.29) is 22.9 Å². The molecule has 2 heterocycles. The van der Waals surface area contributed by atoms with Gasteiger partial charge in [-0.05, 0) is 42.0 Å². The Labute approximate surface area is 209 Å². The zero-order valence-corrected chi connectivity index (χ0v) is 20.8. The maximum atomic E-state index is 14.9. The monoisotopic (exact) mass is 520 g/mol. The summed E-state index contributed by atoms with van der Waals surface area (Å²) >= 11 is -1.08. The van der Waals surface area contributed by atoms with Gasteiger partial charge in [0, 0.05) is 7.05 Å². The standard InChI is InChI=1S/C24H25FN2O8S/c1-26(23(31)34-13-33-21(29)14-5-3-2-4-6-14)19-12-27(24(32)35-19)15-7-8-16(18(25)11-15)17-9-10-36-22(30)20(17)28/h2-8,11,17,19H,9-10,12-13H2,1H3,36H4/t17?,19-/m0/s1. The van der Waals surface area contributed by atoms with Crippen molar-refractivity contribution < 1.29 is 42.6 Å². The van der Waals surface area contributed by atoms with Crippen LogP contribution in [0, 0.1) is 5.82 Å². The Morgan fingerprint density at radius 2 is 1.89 bits per heavy atom. The van der Waals surface area contributed by atoms with Gasteiger partial charge in [0.25, 0.3) is 0 Å². The van der Waals surface area contributed by atoms with Crippen molar-refractivity contribution in [3.63, 3.8) is 0 Å². The van der Waals surface area contributed by atoms with E-state index in [2.05, 4.69) is 0 Å². The maximum absolute atomic E-state index is 14.9. The molecule has 2 fully saturated rings. The van der Waals surface area contributed by atoms with E-state index in [1.54, 1.807) is 30.3 Å². The van der Waals surface area contributed by atoms with Crippen LogP contribution >= 0.6 is 11.8 Å². The molecule has 0 aliphatic carbocycles. The van der Waals surface area contributed by atoms with E-state index < -0.39 is 60.5 Å². The number of amides is 2. The van der Waals surface area contributed by atoms with Gasteiger partial charge in [-0.3, -0.25) is 31.2 Å². The van der Waals surface area contributed by atoms with Gasteiger partial charge >= 0.3 is 18.2 Å². The summed E-state index contributed by atoms with van der Waals surface area (Å²) in [6.07, 6.45) is -2.31. The fraction of sp³-hybridized carbons (Fsp3) is 0.292. The number of esters is 1. The number of Topliss-reactive ketones (excluding diaryl/α,β-unsaturated/α-hetero) is 1. The van der Waals surface area contributed by atoms with Crippen LogP contribution < -0.4 is 4.90 Å². The van der Waals surface area contributed by atoms with Crippen LogP contribution in [0.3, 0.4) is 0 Å². The molecule has 0 spiro atoms. The molecule has 0 aromatic heterocycles. The van der Waals surface area contributed by atoms with Crippen LogP contribution in [0.25, 0.3) is 0 Å². The smallest absolute Gasteiger partial charge is 0.416 e. The molecule has 2 aliphatic heterocycles. The molecule has 2 aromatic rings. The normalized spacial score (nSPS) is 19.8. The minimum Gasteiger partial charge on any atom is -0.424 e. The summed E-state index contributed by atoms with van der Waals surface area (Å²) in [5.41, 5.74) is 0.591. The SMILES string of the molecule is CN(C(=O)OCOC(=O)c1ccccc1)[C@@H]1CN(c2ccc(C3CC[SH4]C(=O)C3=O)c(F)c2)C(=O)O1. The third-order valence-corrected chi connectivity index (χ3v) is 7.62. The average molecular weight is 521 g/mol. The number of hydrogen-bond donors (Lipinski definition) is 0. The maximum Gasteiger partial charge on any atom is 0.416 e. The lowest BCUT2D eigenvalue weighted by Gasteiger charge is -2.23. The summed E-state index contributed by atoms with van der Waals surface area (Å²) in [6.45, 7) is -0.752. The van der Waals surface area contributed by atoms with Crippen molar-refractivity contribution >= 4 is 46.5 Å². The number of likely N-dealkylation sites (N-methyl/N-ethyl adjacent to an activating group) is 1. The third kappa shape index (κ3) is 5.33. The number of nitrogens with zero attached hydrogens (tertiary/aromatic N) is 2. The molecule has 10 nitrogen and oxygen atoms in total. The van der Waals surface area contributed by atoms with Crippen LogP contribution in [0.1, 0.15) is 28.3 Å². The predicted molar refractivity (Wildman–Crippen MR) is 130 cm³/mol. The molecule has 12 heteroatoms. The number of ketones is 1. The number of carbonyl (C=O) groups is 5. The van der Waals surface area contributed by atoms with Gasteiger partial charge in [0.15, 0.2) is 6.23 Å². The molecule has 192 valence electrons. The molecule has 0 bridgehead atoms. The van der Waals surface area contributed by atoms with Crippen LogP contribution in [0.5, 0.6) is 0 Å². The molecule has 0 radical (unpaired) electrons. The Morgan fingerprint density at radius 1 is 1.14 bits per heavy atom. The number of hydrogen-bond acceptors (Lipinski definition) is 8. The highest BCUT2D eigenvalue weighted by Gasteiger charge is 2.38. The Bertz CT molecular complexity index is 1210. The fourth-order valence-electron chi connectivity index (χ4n) is 4.05. The first-order chi connectivity index (χ1) is 17.3. The van der Waals surface area contributed by atoms with Gasteiger partial charge in [0.05, 0.1) is 23.7 Å². The molecule has 2 atom stereocenters. The number of halogens is 1. The largest absolute Gasteiger partial charge is 0.424 e. The van der Waals surface area contributed by atoms with E-state index in [1.165, 1.54) is 19.2 Å². The number of rotatable bonds is 6. The summed E-state index contributed by atoms with van der Waals surface area (Å²) in [6, 6.07) is 12.1. The van der Waals surface area contributed by atoms with E-state index in [0.29, 0.717) is 17.7 Å². The second-order valence-electron chi connectivity index (χ2n) is 8.32. The highest BCUT2D eigenvalue weighted by atomic mass is 32.2. The van der Waals surface area contributed by atoms with Gasteiger partial charge in [-0.15, -0.1) is 0 Å². The summed E-state index contributed by atoms with van der Waals surface area (Å²) in [5, 5.41) is -0.370. The van der Waals surface area contributed by atoms with Crippen LogP contribution in [0.4, 0.5) is 19.7 Å². The molecule has 2 saturated heterocycles.